The molecule has 2 nitrogen and oxygen atoms in total. The van der Waals surface area contributed by atoms with Gasteiger partial charge in [0.15, 0.2) is 0 Å². The fourth-order valence-electron chi connectivity index (χ4n) is 2.24. The van der Waals surface area contributed by atoms with Crippen LogP contribution in [0.3, 0.4) is 0 Å². The minimum atomic E-state index is -4.57. The Morgan fingerprint density at radius 2 is 1.86 bits per heavy atom. The molecule has 1 heterocycles. The number of alkyl halides is 3. The highest BCUT2D eigenvalue weighted by atomic mass is 19.4. The van der Waals surface area contributed by atoms with Crippen LogP contribution in [0.4, 0.5) is 23.2 Å². The summed E-state index contributed by atoms with van der Waals surface area (Å²) in [4.78, 5) is 3.61. The van der Waals surface area contributed by atoms with Gasteiger partial charge in [-0.05, 0) is 31.9 Å². The van der Waals surface area contributed by atoms with Crippen LogP contribution in [0.2, 0.25) is 0 Å². The van der Waals surface area contributed by atoms with Gasteiger partial charge in [-0.25, -0.2) is 9.37 Å². The van der Waals surface area contributed by atoms with Crippen molar-refractivity contribution in [2.75, 3.05) is 11.9 Å². The Morgan fingerprint density at radius 3 is 2.43 bits per heavy atom. The van der Waals surface area contributed by atoms with Gasteiger partial charge in [0.05, 0.1) is 5.52 Å². The van der Waals surface area contributed by atoms with Crippen LogP contribution in [-0.2, 0) is 6.18 Å². The molecule has 1 aromatic carbocycles. The standard InChI is InChI=1S/C15H16F4N2/c1-4-5-20-13-9(3)14(15(17,18)19)21-12-7-11(16)8(2)6-10(12)13/h6-7H,4-5H2,1-3H3,(H,20,21). The minimum absolute atomic E-state index is 0.00891. The van der Waals surface area contributed by atoms with Gasteiger partial charge in [-0.15, -0.1) is 0 Å². The van der Waals surface area contributed by atoms with E-state index in [1.807, 2.05) is 6.92 Å². The summed E-state index contributed by atoms with van der Waals surface area (Å²) < 4.78 is 52.8. The number of nitrogens with one attached hydrogen (secondary N) is 1. The lowest BCUT2D eigenvalue weighted by Gasteiger charge is -2.17. The van der Waals surface area contributed by atoms with Gasteiger partial charge < -0.3 is 5.32 Å². The number of anilines is 1. The number of nitrogens with zero attached hydrogens (tertiary/aromatic N) is 1. The van der Waals surface area contributed by atoms with E-state index in [-0.39, 0.29) is 11.1 Å². The fourth-order valence-corrected chi connectivity index (χ4v) is 2.24. The first-order chi connectivity index (χ1) is 9.75. The van der Waals surface area contributed by atoms with Crippen LogP contribution in [0, 0.1) is 19.7 Å². The first-order valence-corrected chi connectivity index (χ1v) is 6.67. The number of aryl methyl sites for hydroxylation is 1. The molecule has 0 unspecified atom stereocenters. The molecule has 0 radical (unpaired) electrons. The molecule has 2 rings (SSSR count). The second-order valence-electron chi connectivity index (χ2n) is 5.00. The van der Waals surface area contributed by atoms with E-state index in [1.54, 1.807) is 6.92 Å². The summed E-state index contributed by atoms with van der Waals surface area (Å²) in [6.45, 7) is 5.41. The maximum atomic E-state index is 13.6. The molecule has 1 N–H and O–H groups in total. The largest absolute Gasteiger partial charge is 0.433 e. The number of hydrogen-bond donors (Lipinski definition) is 1. The Balaban J connectivity index is 2.79. The normalized spacial score (nSPS) is 12.0. The predicted octanol–water partition coefficient (Wildman–Crippen LogP) is 4.83. The molecule has 1 aromatic heterocycles. The summed E-state index contributed by atoms with van der Waals surface area (Å²) in [5.41, 5.74) is -0.179. The molecule has 0 amide bonds. The molecule has 6 heteroatoms. The van der Waals surface area contributed by atoms with E-state index < -0.39 is 17.7 Å². The molecule has 0 fully saturated rings. The van der Waals surface area contributed by atoms with E-state index in [0.29, 0.717) is 23.2 Å². The molecule has 0 saturated carbocycles. The van der Waals surface area contributed by atoms with E-state index >= 15 is 0 Å². The number of pyridine rings is 1. The molecular formula is C15H16F4N2. The van der Waals surface area contributed by atoms with Gasteiger partial charge in [0.2, 0.25) is 0 Å². The van der Waals surface area contributed by atoms with Gasteiger partial charge in [-0.2, -0.15) is 13.2 Å². The third-order valence-corrected chi connectivity index (χ3v) is 3.33. The fraction of sp³-hybridized carbons (Fsp3) is 0.400. The zero-order valence-electron chi connectivity index (χ0n) is 12.0. The van der Waals surface area contributed by atoms with Crippen molar-refractivity contribution in [3.63, 3.8) is 0 Å². The van der Waals surface area contributed by atoms with Crippen LogP contribution in [0.5, 0.6) is 0 Å². The van der Waals surface area contributed by atoms with Crippen molar-refractivity contribution in [2.24, 2.45) is 0 Å². The second kappa shape index (κ2) is 5.50. The number of fused-ring (bicyclic) bond motifs is 1. The van der Waals surface area contributed by atoms with E-state index in [2.05, 4.69) is 10.3 Å². The molecule has 21 heavy (non-hydrogen) atoms. The van der Waals surface area contributed by atoms with Crippen molar-refractivity contribution in [1.82, 2.24) is 4.98 Å². The summed E-state index contributed by atoms with van der Waals surface area (Å²) in [6.07, 6.45) is -3.80. The van der Waals surface area contributed by atoms with Gasteiger partial charge in [0.1, 0.15) is 11.5 Å². The molecule has 0 aliphatic heterocycles. The average Bonchev–Trinajstić information content (AvgIpc) is 2.38. The third kappa shape index (κ3) is 2.94. The Hall–Kier alpha value is -1.85. The van der Waals surface area contributed by atoms with Crippen LogP contribution in [0.25, 0.3) is 10.9 Å². The number of aromatic nitrogens is 1. The monoisotopic (exact) mass is 300 g/mol. The van der Waals surface area contributed by atoms with Gasteiger partial charge in [0.25, 0.3) is 0 Å². The van der Waals surface area contributed by atoms with Crippen molar-refractivity contribution >= 4 is 16.6 Å². The highest BCUT2D eigenvalue weighted by Crippen LogP contribution is 2.37. The number of halogens is 4. The topological polar surface area (TPSA) is 24.9 Å². The van der Waals surface area contributed by atoms with Crippen molar-refractivity contribution in [3.05, 3.63) is 34.8 Å². The SMILES string of the molecule is CCCNc1c(C)c(C(F)(F)F)nc2cc(F)c(C)cc12. The van der Waals surface area contributed by atoms with Crippen molar-refractivity contribution in [1.29, 1.82) is 0 Å². The van der Waals surface area contributed by atoms with E-state index in [9.17, 15) is 17.6 Å². The molecule has 2 aromatic rings. The molecule has 0 atom stereocenters. The van der Waals surface area contributed by atoms with Crippen molar-refractivity contribution in [2.45, 2.75) is 33.4 Å². The smallest absolute Gasteiger partial charge is 0.384 e. The summed E-state index contributed by atoms with van der Waals surface area (Å²) in [6, 6.07) is 2.58. The van der Waals surface area contributed by atoms with E-state index in [0.717, 1.165) is 12.5 Å². The lowest BCUT2D eigenvalue weighted by Crippen LogP contribution is -2.14. The van der Waals surface area contributed by atoms with Crippen LogP contribution in [0.1, 0.15) is 30.2 Å². The first-order valence-electron chi connectivity index (χ1n) is 6.67. The van der Waals surface area contributed by atoms with Crippen molar-refractivity contribution in [3.8, 4) is 0 Å². The quantitative estimate of drug-likeness (QED) is 0.821. The van der Waals surface area contributed by atoms with Crippen LogP contribution < -0.4 is 5.32 Å². The molecule has 0 aliphatic rings. The van der Waals surface area contributed by atoms with Gasteiger partial charge in [0, 0.05) is 29.2 Å². The molecule has 0 saturated heterocycles. The van der Waals surface area contributed by atoms with E-state index in [1.165, 1.54) is 13.0 Å². The Morgan fingerprint density at radius 1 is 1.19 bits per heavy atom. The van der Waals surface area contributed by atoms with Gasteiger partial charge >= 0.3 is 6.18 Å². The molecular weight excluding hydrogens is 284 g/mol. The molecule has 0 bridgehead atoms. The third-order valence-electron chi connectivity index (χ3n) is 3.33. The molecule has 114 valence electrons. The summed E-state index contributed by atoms with van der Waals surface area (Å²) in [5.74, 6) is -0.562. The Labute approximate surface area is 120 Å². The van der Waals surface area contributed by atoms with Crippen LogP contribution in [-0.4, -0.2) is 11.5 Å². The Bertz CT molecular complexity index is 678. The number of benzene rings is 1. The summed E-state index contributed by atoms with van der Waals surface area (Å²) >= 11 is 0. The minimum Gasteiger partial charge on any atom is -0.384 e. The van der Waals surface area contributed by atoms with Crippen LogP contribution in [0.15, 0.2) is 12.1 Å². The maximum absolute atomic E-state index is 13.6. The number of hydrogen-bond acceptors (Lipinski definition) is 2. The van der Waals surface area contributed by atoms with Gasteiger partial charge in [-0.1, -0.05) is 6.92 Å². The van der Waals surface area contributed by atoms with Crippen LogP contribution >= 0.6 is 0 Å². The highest BCUT2D eigenvalue weighted by molar-refractivity contribution is 5.94. The van der Waals surface area contributed by atoms with Crippen molar-refractivity contribution < 1.29 is 17.6 Å². The zero-order chi connectivity index (χ0) is 15.8. The van der Waals surface area contributed by atoms with Gasteiger partial charge in [-0.3, -0.25) is 0 Å². The highest BCUT2D eigenvalue weighted by Gasteiger charge is 2.36. The Kier molecular flexibility index (Phi) is 4.07. The second-order valence-corrected chi connectivity index (χ2v) is 5.00. The lowest BCUT2D eigenvalue weighted by molar-refractivity contribution is -0.141. The van der Waals surface area contributed by atoms with E-state index in [4.69, 9.17) is 0 Å². The molecule has 0 spiro atoms. The first kappa shape index (κ1) is 15.5. The predicted molar refractivity (Wildman–Crippen MR) is 75.0 cm³/mol. The maximum Gasteiger partial charge on any atom is 0.433 e. The summed E-state index contributed by atoms with van der Waals surface area (Å²) in [7, 11) is 0. The average molecular weight is 300 g/mol. The lowest BCUT2D eigenvalue weighted by atomic mass is 10.0. The number of rotatable bonds is 3. The summed E-state index contributed by atoms with van der Waals surface area (Å²) in [5, 5.41) is 3.51. The molecule has 0 aliphatic carbocycles. The zero-order valence-corrected chi connectivity index (χ0v) is 12.0.